The Morgan fingerprint density at radius 2 is 1.82 bits per heavy atom. The van der Waals surface area contributed by atoms with Crippen LogP contribution in [0.25, 0.3) is 10.8 Å². The Hall–Kier alpha value is -3.48. The number of anilines is 1. The van der Waals surface area contributed by atoms with Crippen LogP contribution < -0.4 is 25.7 Å². The molecule has 0 saturated heterocycles. The molecule has 1 heterocycles. The van der Waals surface area contributed by atoms with Crippen molar-refractivity contribution >= 4 is 22.5 Å². The van der Waals surface area contributed by atoms with Gasteiger partial charge in [-0.1, -0.05) is 18.2 Å². The molecule has 3 aromatic rings. The number of amides is 2. The molecular weight excluding hydrogens is 358 g/mol. The van der Waals surface area contributed by atoms with Crippen LogP contribution in [0.5, 0.6) is 11.5 Å². The van der Waals surface area contributed by atoms with Crippen LogP contribution in [0.3, 0.4) is 0 Å². The highest BCUT2D eigenvalue weighted by molar-refractivity contribution is 6.00. The maximum absolute atomic E-state index is 12.4. The number of nitrogens with zero attached hydrogens (tertiary/aromatic N) is 1. The second kappa shape index (κ2) is 8.47. The first-order chi connectivity index (χ1) is 13.5. The lowest BCUT2D eigenvalue weighted by Crippen LogP contribution is -2.31. The fourth-order valence-corrected chi connectivity index (χ4v) is 3.07. The van der Waals surface area contributed by atoms with Gasteiger partial charge in [-0.25, -0.2) is 4.79 Å². The molecule has 28 heavy (non-hydrogen) atoms. The van der Waals surface area contributed by atoms with Gasteiger partial charge in [-0.2, -0.15) is 0 Å². The van der Waals surface area contributed by atoms with E-state index >= 15 is 0 Å². The first-order valence-corrected chi connectivity index (χ1v) is 8.87. The molecule has 2 N–H and O–H groups in total. The summed E-state index contributed by atoms with van der Waals surface area (Å²) in [6, 6.07) is 12.4. The van der Waals surface area contributed by atoms with Gasteiger partial charge in [0.05, 0.1) is 19.9 Å². The number of nitrogens with one attached hydrogen (secondary N) is 2. The zero-order valence-corrected chi connectivity index (χ0v) is 16.1. The highest BCUT2D eigenvalue weighted by atomic mass is 16.5. The van der Waals surface area contributed by atoms with Gasteiger partial charge in [-0.15, -0.1) is 0 Å². The Bertz CT molecular complexity index is 1060. The quantitative estimate of drug-likeness (QED) is 0.688. The zero-order chi connectivity index (χ0) is 20.1. The first kappa shape index (κ1) is 19.3. The molecule has 0 unspecified atom stereocenters. The van der Waals surface area contributed by atoms with E-state index in [9.17, 15) is 9.59 Å². The number of methoxy groups -OCH3 is 2. The summed E-state index contributed by atoms with van der Waals surface area (Å²) in [7, 11) is 4.87. The molecule has 7 heteroatoms. The predicted molar refractivity (Wildman–Crippen MR) is 109 cm³/mol. The van der Waals surface area contributed by atoms with E-state index in [4.69, 9.17) is 9.47 Å². The molecule has 2 amide bonds. The minimum atomic E-state index is -0.342. The minimum absolute atomic E-state index is 0.105. The molecule has 0 aliphatic heterocycles. The van der Waals surface area contributed by atoms with Gasteiger partial charge in [0.2, 0.25) is 0 Å². The standard InChI is InChI=1S/C21H23N3O4/c1-24-13-18(16-6-4-5-7-17(16)20(24)25)23-21(26)22-11-10-14-12-15(27-2)8-9-19(14)28-3/h4-9,12-13H,10-11H2,1-3H3,(H2,22,23,26). The number of hydrogen-bond acceptors (Lipinski definition) is 4. The third-order valence-electron chi connectivity index (χ3n) is 4.51. The van der Waals surface area contributed by atoms with Gasteiger partial charge in [0.1, 0.15) is 11.5 Å². The van der Waals surface area contributed by atoms with Gasteiger partial charge >= 0.3 is 6.03 Å². The maximum Gasteiger partial charge on any atom is 0.319 e. The highest BCUT2D eigenvalue weighted by Crippen LogP contribution is 2.24. The van der Waals surface area contributed by atoms with Crippen LogP contribution in [0, 0.1) is 0 Å². The van der Waals surface area contributed by atoms with Crippen molar-refractivity contribution in [1.82, 2.24) is 9.88 Å². The Morgan fingerprint density at radius 3 is 2.54 bits per heavy atom. The van der Waals surface area contributed by atoms with Crippen LogP contribution in [0.4, 0.5) is 10.5 Å². The topological polar surface area (TPSA) is 81.6 Å². The molecular formula is C21H23N3O4. The Balaban J connectivity index is 1.68. The summed E-state index contributed by atoms with van der Waals surface area (Å²) in [4.78, 5) is 24.6. The van der Waals surface area contributed by atoms with Crippen molar-refractivity contribution in [2.24, 2.45) is 7.05 Å². The number of carbonyl (C=O) groups is 1. The third-order valence-corrected chi connectivity index (χ3v) is 4.51. The molecule has 0 fully saturated rings. The lowest BCUT2D eigenvalue weighted by atomic mass is 10.1. The molecule has 0 spiro atoms. The molecule has 2 aromatic carbocycles. The maximum atomic E-state index is 12.4. The summed E-state index contributed by atoms with van der Waals surface area (Å²) in [6.45, 7) is 0.416. The molecule has 0 atom stereocenters. The summed E-state index contributed by atoms with van der Waals surface area (Å²) in [5.74, 6) is 1.48. The SMILES string of the molecule is COc1ccc(OC)c(CCNC(=O)Nc2cn(C)c(=O)c3ccccc23)c1. The van der Waals surface area contributed by atoms with Gasteiger partial charge in [0.25, 0.3) is 5.56 Å². The molecule has 0 aliphatic rings. The lowest BCUT2D eigenvalue weighted by molar-refractivity contribution is 0.252. The summed E-state index contributed by atoms with van der Waals surface area (Å²) in [6.07, 6.45) is 2.21. The average Bonchev–Trinajstić information content (AvgIpc) is 2.71. The Kier molecular flexibility index (Phi) is 5.84. The number of rotatable bonds is 6. The zero-order valence-electron chi connectivity index (χ0n) is 16.1. The summed E-state index contributed by atoms with van der Waals surface area (Å²) >= 11 is 0. The third kappa shape index (κ3) is 4.09. The molecule has 1 aromatic heterocycles. The largest absolute Gasteiger partial charge is 0.497 e. The van der Waals surface area contributed by atoms with Crippen molar-refractivity contribution in [3.8, 4) is 11.5 Å². The van der Waals surface area contributed by atoms with Crippen LogP contribution in [-0.2, 0) is 13.5 Å². The van der Waals surface area contributed by atoms with E-state index in [-0.39, 0.29) is 11.6 Å². The van der Waals surface area contributed by atoms with E-state index in [1.165, 1.54) is 4.57 Å². The molecule has 146 valence electrons. The number of pyridine rings is 1. The van der Waals surface area contributed by atoms with Crippen LogP contribution in [-0.4, -0.2) is 31.4 Å². The van der Waals surface area contributed by atoms with E-state index in [1.54, 1.807) is 39.6 Å². The monoisotopic (exact) mass is 381 g/mol. The number of aryl methyl sites for hydroxylation is 1. The number of fused-ring (bicyclic) bond motifs is 1. The van der Waals surface area contributed by atoms with Crippen molar-refractivity contribution in [3.63, 3.8) is 0 Å². The van der Waals surface area contributed by atoms with Crippen molar-refractivity contribution < 1.29 is 14.3 Å². The Labute approximate surface area is 162 Å². The van der Waals surface area contributed by atoms with Crippen LogP contribution in [0.15, 0.2) is 53.5 Å². The molecule has 0 aliphatic carbocycles. The number of benzene rings is 2. The van der Waals surface area contributed by atoms with Gasteiger partial charge in [0, 0.05) is 30.6 Å². The van der Waals surface area contributed by atoms with E-state index < -0.39 is 0 Å². The number of carbonyl (C=O) groups excluding carboxylic acids is 1. The van der Waals surface area contributed by atoms with Crippen LogP contribution >= 0.6 is 0 Å². The van der Waals surface area contributed by atoms with Crippen LogP contribution in [0.2, 0.25) is 0 Å². The van der Waals surface area contributed by atoms with E-state index in [0.717, 1.165) is 17.1 Å². The van der Waals surface area contributed by atoms with Gasteiger partial charge < -0.3 is 24.7 Å². The number of aromatic nitrogens is 1. The summed E-state index contributed by atoms with van der Waals surface area (Å²) < 4.78 is 12.1. The highest BCUT2D eigenvalue weighted by Gasteiger charge is 2.10. The second-order valence-electron chi connectivity index (χ2n) is 6.31. The number of hydrogen-bond donors (Lipinski definition) is 2. The number of ether oxygens (including phenoxy) is 2. The van der Waals surface area contributed by atoms with E-state index in [0.29, 0.717) is 29.4 Å². The van der Waals surface area contributed by atoms with Crippen molar-refractivity contribution in [2.45, 2.75) is 6.42 Å². The first-order valence-electron chi connectivity index (χ1n) is 8.87. The Morgan fingerprint density at radius 1 is 1.07 bits per heavy atom. The predicted octanol–water partition coefficient (Wildman–Crippen LogP) is 2.92. The van der Waals surface area contributed by atoms with Crippen molar-refractivity contribution in [1.29, 1.82) is 0 Å². The fourth-order valence-electron chi connectivity index (χ4n) is 3.07. The molecule has 0 bridgehead atoms. The summed E-state index contributed by atoms with van der Waals surface area (Å²) in [5.41, 5.74) is 1.41. The van der Waals surface area contributed by atoms with Crippen LogP contribution in [0.1, 0.15) is 5.56 Å². The van der Waals surface area contributed by atoms with Gasteiger partial charge in [-0.3, -0.25) is 4.79 Å². The molecule has 0 radical (unpaired) electrons. The molecule has 7 nitrogen and oxygen atoms in total. The fraction of sp³-hybridized carbons (Fsp3) is 0.238. The lowest BCUT2D eigenvalue weighted by Gasteiger charge is -2.13. The van der Waals surface area contributed by atoms with Gasteiger partial charge in [-0.05, 0) is 36.2 Å². The molecule has 3 rings (SSSR count). The minimum Gasteiger partial charge on any atom is -0.497 e. The van der Waals surface area contributed by atoms with Gasteiger partial charge in [0.15, 0.2) is 0 Å². The second-order valence-corrected chi connectivity index (χ2v) is 6.31. The normalized spacial score (nSPS) is 10.5. The molecule has 0 saturated carbocycles. The van der Waals surface area contributed by atoms with Crippen molar-refractivity contribution in [3.05, 3.63) is 64.6 Å². The van der Waals surface area contributed by atoms with E-state index in [1.807, 2.05) is 30.3 Å². The van der Waals surface area contributed by atoms with E-state index in [2.05, 4.69) is 10.6 Å². The van der Waals surface area contributed by atoms with Crippen molar-refractivity contribution in [2.75, 3.05) is 26.1 Å². The summed E-state index contributed by atoms with van der Waals surface area (Å²) in [5, 5.41) is 6.92. The smallest absolute Gasteiger partial charge is 0.319 e. The average molecular weight is 381 g/mol. The number of urea groups is 1.